The third-order valence-corrected chi connectivity index (χ3v) is 6.88. The summed E-state index contributed by atoms with van der Waals surface area (Å²) in [6.07, 6.45) is 4.38. The second-order valence-corrected chi connectivity index (χ2v) is 9.08. The number of hydrogen-bond acceptors (Lipinski definition) is 11. The Bertz CT molecular complexity index is 1230. The van der Waals surface area contributed by atoms with Crippen LogP contribution in [0.5, 0.6) is 5.75 Å². The molecule has 3 heterocycles. The molecular formula is C17H16N10OS2. The molecule has 6 rings (SSSR count). The molecule has 1 aromatic carbocycles. The molecule has 30 heavy (non-hydrogen) atoms. The van der Waals surface area contributed by atoms with Gasteiger partial charge in [0.05, 0.1) is 30.2 Å². The van der Waals surface area contributed by atoms with Crippen molar-refractivity contribution in [2.75, 3.05) is 7.11 Å². The normalized spacial score (nSPS) is 16.3. The highest BCUT2D eigenvalue weighted by Gasteiger charge is 2.30. The van der Waals surface area contributed by atoms with Crippen LogP contribution >= 0.6 is 23.5 Å². The molecule has 2 fully saturated rings. The molecule has 11 nitrogen and oxygen atoms in total. The first-order chi connectivity index (χ1) is 14.8. The number of tetrazole rings is 2. The summed E-state index contributed by atoms with van der Waals surface area (Å²) >= 11 is 2.83. The van der Waals surface area contributed by atoms with Gasteiger partial charge in [-0.2, -0.15) is 0 Å². The van der Waals surface area contributed by atoms with Gasteiger partial charge in [-0.15, -0.1) is 10.2 Å². The predicted molar refractivity (Wildman–Crippen MR) is 107 cm³/mol. The molecule has 0 spiro atoms. The van der Waals surface area contributed by atoms with E-state index in [2.05, 4.69) is 31.1 Å². The molecule has 13 heteroatoms. The third kappa shape index (κ3) is 3.37. The molecule has 2 saturated carbocycles. The molecule has 0 atom stereocenters. The summed E-state index contributed by atoms with van der Waals surface area (Å²) in [5.41, 5.74) is 1.52. The fraction of sp³-hybridized carbons (Fsp3) is 0.412. The van der Waals surface area contributed by atoms with Crippen LogP contribution in [0.1, 0.15) is 37.8 Å². The van der Waals surface area contributed by atoms with Crippen molar-refractivity contribution in [3.05, 3.63) is 18.2 Å². The van der Waals surface area contributed by atoms with Crippen LogP contribution in [0.15, 0.2) is 38.6 Å². The Balaban J connectivity index is 1.42. The lowest BCUT2D eigenvalue weighted by Gasteiger charge is -2.09. The zero-order valence-electron chi connectivity index (χ0n) is 15.9. The van der Waals surface area contributed by atoms with E-state index in [9.17, 15) is 0 Å². The van der Waals surface area contributed by atoms with Gasteiger partial charge >= 0.3 is 0 Å². The second-order valence-electron chi connectivity index (χ2n) is 7.17. The number of methoxy groups -OCH3 is 1. The SMILES string of the molecule is COc1ccc2nc(Sc3nnnn3C3CC3)c(Sc3nnnn3C3CC3)nc2c1. The Hall–Kier alpha value is -2.80. The van der Waals surface area contributed by atoms with E-state index in [0.717, 1.165) is 47.5 Å². The lowest BCUT2D eigenvalue weighted by molar-refractivity contribution is 0.415. The number of ether oxygens (including phenoxy) is 1. The zero-order valence-corrected chi connectivity index (χ0v) is 17.5. The van der Waals surface area contributed by atoms with Crippen molar-refractivity contribution in [2.45, 2.75) is 58.1 Å². The van der Waals surface area contributed by atoms with Crippen LogP contribution in [0.25, 0.3) is 11.0 Å². The van der Waals surface area contributed by atoms with Crippen molar-refractivity contribution >= 4 is 34.6 Å². The lowest BCUT2D eigenvalue weighted by atomic mass is 10.3. The first-order valence-corrected chi connectivity index (χ1v) is 11.2. The largest absolute Gasteiger partial charge is 0.497 e. The van der Waals surface area contributed by atoms with Gasteiger partial charge in [0.1, 0.15) is 15.8 Å². The molecule has 0 radical (unpaired) electrons. The van der Waals surface area contributed by atoms with Crippen molar-refractivity contribution in [3.8, 4) is 5.75 Å². The van der Waals surface area contributed by atoms with Crippen LogP contribution in [0.2, 0.25) is 0 Å². The summed E-state index contributed by atoms with van der Waals surface area (Å²) in [5.74, 6) is 0.730. The summed E-state index contributed by atoms with van der Waals surface area (Å²) in [6, 6.07) is 6.39. The molecule has 4 aromatic rings. The molecule has 2 aliphatic rings. The topological polar surface area (TPSA) is 122 Å². The van der Waals surface area contributed by atoms with Crippen molar-refractivity contribution in [2.24, 2.45) is 0 Å². The van der Waals surface area contributed by atoms with Gasteiger partial charge in [0.15, 0.2) is 0 Å². The van der Waals surface area contributed by atoms with E-state index in [4.69, 9.17) is 14.7 Å². The first kappa shape index (κ1) is 18.0. The van der Waals surface area contributed by atoms with Crippen LogP contribution in [-0.2, 0) is 0 Å². The molecule has 0 bridgehead atoms. The van der Waals surface area contributed by atoms with E-state index >= 15 is 0 Å². The van der Waals surface area contributed by atoms with E-state index in [-0.39, 0.29) is 0 Å². The highest BCUT2D eigenvalue weighted by molar-refractivity contribution is 8.02. The Morgan fingerprint density at radius 1 is 0.833 bits per heavy atom. The quantitative estimate of drug-likeness (QED) is 0.421. The average Bonchev–Trinajstić information content (AvgIpc) is 3.70. The van der Waals surface area contributed by atoms with E-state index < -0.39 is 0 Å². The smallest absolute Gasteiger partial charge is 0.215 e. The van der Waals surface area contributed by atoms with Crippen LogP contribution < -0.4 is 4.74 Å². The van der Waals surface area contributed by atoms with Gasteiger partial charge in [0.2, 0.25) is 10.3 Å². The zero-order chi connectivity index (χ0) is 20.1. The van der Waals surface area contributed by atoms with Gasteiger partial charge in [0.25, 0.3) is 0 Å². The van der Waals surface area contributed by atoms with Crippen LogP contribution in [0.3, 0.4) is 0 Å². The molecule has 0 saturated heterocycles. The maximum Gasteiger partial charge on any atom is 0.215 e. The highest BCUT2D eigenvalue weighted by Crippen LogP contribution is 2.42. The summed E-state index contributed by atoms with van der Waals surface area (Å²) in [7, 11) is 1.63. The molecule has 0 amide bonds. The fourth-order valence-electron chi connectivity index (χ4n) is 3.04. The van der Waals surface area contributed by atoms with Crippen LogP contribution in [0.4, 0.5) is 0 Å². The van der Waals surface area contributed by atoms with E-state index in [1.807, 2.05) is 27.6 Å². The van der Waals surface area contributed by atoms with Crippen LogP contribution in [-0.4, -0.2) is 57.5 Å². The lowest BCUT2D eigenvalue weighted by Crippen LogP contribution is -2.02. The summed E-state index contributed by atoms with van der Waals surface area (Å²) in [4.78, 5) is 9.72. The fourth-order valence-corrected chi connectivity index (χ4v) is 4.90. The van der Waals surface area contributed by atoms with Gasteiger partial charge in [-0.1, -0.05) is 0 Å². The maximum atomic E-state index is 5.35. The van der Waals surface area contributed by atoms with Crippen LogP contribution in [0, 0.1) is 0 Å². The van der Waals surface area contributed by atoms with E-state index in [1.54, 1.807) is 7.11 Å². The first-order valence-electron chi connectivity index (χ1n) is 9.56. The Labute approximate surface area is 179 Å². The molecular weight excluding hydrogens is 424 g/mol. The van der Waals surface area contributed by atoms with Crippen molar-refractivity contribution < 1.29 is 4.74 Å². The maximum absolute atomic E-state index is 5.35. The summed E-state index contributed by atoms with van der Waals surface area (Å²) < 4.78 is 9.08. The number of rotatable bonds is 7. The number of benzene rings is 1. The molecule has 0 unspecified atom stereocenters. The molecule has 152 valence electrons. The van der Waals surface area contributed by atoms with Gasteiger partial charge in [-0.25, -0.2) is 19.3 Å². The summed E-state index contributed by atoms with van der Waals surface area (Å²) in [5, 5.41) is 27.2. The Kier molecular flexibility index (Phi) is 4.30. The minimum Gasteiger partial charge on any atom is -0.497 e. The van der Waals surface area contributed by atoms with Gasteiger partial charge in [-0.05, 0) is 82.2 Å². The minimum absolute atomic E-state index is 0.370. The van der Waals surface area contributed by atoms with E-state index in [1.165, 1.54) is 23.5 Å². The molecule has 2 aliphatic carbocycles. The van der Waals surface area contributed by atoms with Gasteiger partial charge < -0.3 is 4.74 Å². The van der Waals surface area contributed by atoms with Gasteiger partial charge in [-0.3, -0.25) is 0 Å². The third-order valence-electron chi connectivity index (χ3n) is 4.90. The van der Waals surface area contributed by atoms with Crippen molar-refractivity contribution in [1.29, 1.82) is 0 Å². The minimum atomic E-state index is 0.370. The number of aromatic nitrogens is 10. The Morgan fingerprint density at radius 2 is 1.40 bits per heavy atom. The average molecular weight is 441 g/mol. The van der Waals surface area contributed by atoms with E-state index in [0.29, 0.717) is 27.4 Å². The van der Waals surface area contributed by atoms with Crippen molar-refractivity contribution in [3.63, 3.8) is 0 Å². The number of nitrogens with zero attached hydrogens (tertiary/aromatic N) is 10. The Morgan fingerprint density at radius 3 is 1.93 bits per heavy atom. The molecule has 3 aromatic heterocycles. The highest BCUT2D eigenvalue weighted by atomic mass is 32.2. The molecule has 0 aliphatic heterocycles. The number of fused-ring (bicyclic) bond motifs is 1. The summed E-state index contributed by atoms with van der Waals surface area (Å²) in [6.45, 7) is 0. The second kappa shape index (κ2) is 7.16. The molecule has 0 N–H and O–H groups in total. The monoisotopic (exact) mass is 440 g/mol. The standard InChI is InChI=1S/C17H16N10OS2/c1-28-11-6-7-12-13(8-11)19-15(30-17-21-23-25-27(17)10-4-5-10)14(18-12)29-16-20-22-24-26(16)9-2-3-9/h6-10H,2-5H2,1H3. The number of hydrogen-bond donors (Lipinski definition) is 0. The van der Waals surface area contributed by atoms with Gasteiger partial charge in [0, 0.05) is 6.07 Å². The van der Waals surface area contributed by atoms with Crippen molar-refractivity contribution in [1.82, 2.24) is 50.4 Å². The predicted octanol–water partition coefficient (Wildman–Crippen LogP) is 2.58.